The van der Waals surface area contributed by atoms with Gasteiger partial charge in [0.15, 0.2) is 0 Å². The molecule has 1 rings (SSSR count). The first-order valence-electron chi connectivity index (χ1n) is 5.48. The average Bonchev–Trinajstić information content (AvgIpc) is 2.48. The molecule has 6 heteroatoms. The van der Waals surface area contributed by atoms with Crippen LogP contribution in [0.4, 0.5) is 0 Å². The van der Waals surface area contributed by atoms with Crippen molar-refractivity contribution in [2.45, 2.75) is 37.6 Å². The molecule has 6 nitrogen and oxygen atoms in total. The zero-order valence-corrected chi connectivity index (χ0v) is 9.63. The van der Waals surface area contributed by atoms with E-state index in [9.17, 15) is 15.0 Å². The number of amides is 1. The molecule has 0 saturated carbocycles. The highest BCUT2D eigenvalue weighted by atomic mass is 16.3. The Morgan fingerprint density at radius 3 is 2.31 bits per heavy atom. The van der Waals surface area contributed by atoms with Gasteiger partial charge in [0.2, 0.25) is 5.91 Å². The molecule has 0 aromatic heterocycles. The summed E-state index contributed by atoms with van der Waals surface area (Å²) >= 11 is 0. The summed E-state index contributed by atoms with van der Waals surface area (Å²) in [7, 11) is 1.71. The maximum atomic E-state index is 11.1. The second-order valence-electron chi connectivity index (χ2n) is 4.12. The Labute approximate surface area is 94.9 Å². The number of carbonyl (C=O) groups excluding carboxylic acids is 1. The number of likely N-dealkylation sites (N-methyl/N-ethyl adjacent to an activating group) is 1. The van der Waals surface area contributed by atoms with Gasteiger partial charge in [-0.3, -0.25) is 9.69 Å². The molecule has 0 radical (unpaired) electrons. The Morgan fingerprint density at radius 1 is 1.31 bits per heavy atom. The van der Waals surface area contributed by atoms with Crippen LogP contribution in [-0.2, 0) is 4.79 Å². The van der Waals surface area contributed by atoms with E-state index in [2.05, 4.69) is 5.32 Å². The molecule has 1 amide bonds. The molecule has 0 spiro atoms. The van der Waals surface area contributed by atoms with E-state index in [0.717, 1.165) is 0 Å². The molecule has 1 aliphatic rings. The molecule has 0 bridgehead atoms. The molecule has 4 unspecified atom stereocenters. The van der Waals surface area contributed by atoms with Crippen LogP contribution in [0.25, 0.3) is 0 Å². The number of aliphatic hydroxyl groups excluding tert-OH is 3. The van der Waals surface area contributed by atoms with Crippen molar-refractivity contribution in [2.75, 3.05) is 20.2 Å². The molecule has 1 heterocycles. The molecule has 0 aromatic carbocycles. The van der Waals surface area contributed by atoms with E-state index in [4.69, 9.17) is 5.11 Å². The van der Waals surface area contributed by atoms with Crippen molar-refractivity contribution in [3.63, 3.8) is 0 Å². The maximum Gasteiger partial charge on any atom is 0.219 e. The molecule has 1 fully saturated rings. The van der Waals surface area contributed by atoms with Crippen molar-refractivity contribution in [1.29, 1.82) is 0 Å². The van der Waals surface area contributed by atoms with Crippen molar-refractivity contribution < 1.29 is 20.1 Å². The van der Waals surface area contributed by atoms with E-state index in [1.165, 1.54) is 0 Å². The van der Waals surface area contributed by atoms with Crippen LogP contribution in [0.3, 0.4) is 0 Å². The Balaban J connectivity index is 2.56. The van der Waals surface area contributed by atoms with Crippen LogP contribution in [0.5, 0.6) is 0 Å². The van der Waals surface area contributed by atoms with Crippen molar-refractivity contribution >= 4 is 5.91 Å². The molecular weight excluding hydrogens is 212 g/mol. The molecule has 16 heavy (non-hydrogen) atoms. The van der Waals surface area contributed by atoms with Crippen LogP contribution in [0, 0.1) is 0 Å². The topological polar surface area (TPSA) is 93.0 Å². The zero-order valence-electron chi connectivity index (χ0n) is 9.63. The van der Waals surface area contributed by atoms with Gasteiger partial charge in [0, 0.05) is 13.0 Å². The number of hydrogen-bond donors (Lipinski definition) is 4. The number of carbonyl (C=O) groups is 1. The molecule has 0 aromatic rings. The minimum atomic E-state index is -0.974. The summed E-state index contributed by atoms with van der Waals surface area (Å²) in [5.74, 6) is -0.0949. The van der Waals surface area contributed by atoms with Gasteiger partial charge in [-0.1, -0.05) is 6.92 Å². The zero-order chi connectivity index (χ0) is 12.3. The molecule has 1 saturated heterocycles. The number of aliphatic hydroxyl groups is 3. The Bertz CT molecular complexity index is 249. The van der Waals surface area contributed by atoms with E-state index >= 15 is 0 Å². The van der Waals surface area contributed by atoms with Crippen molar-refractivity contribution in [3.8, 4) is 0 Å². The van der Waals surface area contributed by atoms with Crippen LogP contribution in [0.15, 0.2) is 0 Å². The first-order valence-corrected chi connectivity index (χ1v) is 5.48. The predicted octanol–water partition coefficient (Wildman–Crippen LogP) is -2.09. The quantitative estimate of drug-likeness (QED) is 0.446. The first-order chi connectivity index (χ1) is 7.52. The van der Waals surface area contributed by atoms with Crippen molar-refractivity contribution in [2.24, 2.45) is 0 Å². The third-order valence-electron chi connectivity index (χ3n) is 3.20. The number of likely N-dealkylation sites (tertiary alicyclic amines) is 1. The summed E-state index contributed by atoms with van der Waals surface area (Å²) in [5.41, 5.74) is 0. The lowest BCUT2D eigenvalue weighted by atomic mass is 10.1. The number of hydrogen-bond acceptors (Lipinski definition) is 5. The predicted molar refractivity (Wildman–Crippen MR) is 57.7 cm³/mol. The molecule has 94 valence electrons. The first kappa shape index (κ1) is 13.4. The monoisotopic (exact) mass is 232 g/mol. The van der Waals surface area contributed by atoms with Crippen molar-refractivity contribution in [1.82, 2.24) is 10.2 Å². The fraction of sp³-hybridized carbons (Fsp3) is 0.900. The lowest BCUT2D eigenvalue weighted by Gasteiger charge is -2.24. The Morgan fingerprint density at radius 2 is 1.88 bits per heavy atom. The Kier molecular flexibility index (Phi) is 4.67. The lowest BCUT2D eigenvalue weighted by Crippen LogP contribution is -2.45. The van der Waals surface area contributed by atoms with Crippen molar-refractivity contribution in [3.05, 3.63) is 0 Å². The van der Waals surface area contributed by atoms with E-state index in [1.807, 2.05) is 0 Å². The summed E-state index contributed by atoms with van der Waals surface area (Å²) in [6, 6.07) is -0.832. The number of rotatable bonds is 4. The van der Waals surface area contributed by atoms with E-state index in [0.29, 0.717) is 6.42 Å². The van der Waals surface area contributed by atoms with Crippen LogP contribution >= 0.6 is 0 Å². The normalized spacial score (nSPS) is 35.3. The lowest BCUT2D eigenvalue weighted by molar-refractivity contribution is -0.121. The summed E-state index contributed by atoms with van der Waals surface area (Å²) in [5, 5.41) is 31.2. The van der Waals surface area contributed by atoms with E-state index < -0.39 is 18.2 Å². The van der Waals surface area contributed by atoms with Gasteiger partial charge in [-0.15, -0.1) is 0 Å². The summed E-state index contributed by atoms with van der Waals surface area (Å²) < 4.78 is 0. The van der Waals surface area contributed by atoms with Gasteiger partial charge in [-0.25, -0.2) is 0 Å². The standard InChI is InChI=1S/C10H20N2O4/c1-3-8(14)11-4-6-9(15)10(16)7(5-13)12(6)2/h6-7,9-10,13,15-16H,3-5H2,1-2H3,(H,11,14). The summed E-state index contributed by atoms with van der Waals surface area (Å²) in [6.07, 6.45) is -1.53. The molecule has 4 N–H and O–H groups in total. The smallest absolute Gasteiger partial charge is 0.219 e. The van der Waals surface area contributed by atoms with Crippen LogP contribution in [0.1, 0.15) is 13.3 Å². The maximum absolute atomic E-state index is 11.1. The minimum absolute atomic E-state index is 0.0949. The van der Waals surface area contributed by atoms with Gasteiger partial charge < -0.3 is 20.6 Å². The molecule has 1 aliphatic heterocycles. The molecular formula is C10H20N2O4. The van der Waals surface area contributed by atoms with Gasteiger partial charge in [0.25, 0.3) is 0 Å². The minimum Gasteiger partial charge on any atom is -0.395 e. The average molecular weight is 232 g/mol. The highest BCUT2D eigenvalue weighted by Crippen LogP contribution is 2.22. The van der Waals surface area contributed by atoms with Crippen LogP contribution in [-0.4, -0.2) is 70.6 Å². The number of nitrogens with one attached hydrogen (secondary N) is 1. The van der Waals surface area contributed by atoms with E-state index in [-0.39, 0.29) is 25.1 Å². The SMILES string of the molecule is CCC(=O)NCC1C(O)C(O)C(CO)N1C. The van der Waals surface area contributed by atoms with E-state index in [1.54, 1.807) is 18.9 Å². The van der Waals surface area contributed by atoms with Gasteiger partial charge in [0.1, 0.15) is 0 Å². The third-order valence-corrected chi connectivity index (χ3v) is 3.20. The molecule has 0 aliphatic carbocycles. The van der Waals surface area contributed by atoms with Crippen LogP contribution < -0.4 is 5.32 Å². The van der Waals surface area contributed by atoms with Gasteiger partial charge in [-0.2, -0.15) is 0 Å². The second-order valence-corrected chi connectivity index (χ2v) is 4.12. The van der Waals surface area contributed by atoms with Gasteiger partial charge >= 0.3 is 0 Å². The molecule has 4 atom stereocenters. The van der Waals surface area contributed by atoms with Crippen LogP contribution in [0.2, 0.25) is 0 Å². The third kappa shape index (κ3) is 2.52. The second kappa shape index (κ2) is 5.58. The Hall–Kier alpha value is -0.690. The van der Waals surface area contributed by atoms with Gasteiger partial charge in [-0.05, 0) is 7.05 Å². The largest absolute Gasteiger partial charge is 0.395 e. The van der Waals surface area contributed by atoms with Gasteiger partial charge in [0.05, 0.1) is 30.9 Å². The number of nitrogens with zero attached hydrogens (tertiary/aromatic N) is 1. The highest BCUT2D eigenvalue weighted by molar-refractivity contribution is 5.75. The fourth-order valence-electron chi connectivity index (χ4n) is 2.03. The summed E-state index contributed by atoms with van der Waals surface area (Å²) in [4.78, 5) is 12.8. The summed E-state index contributed by atoms with van der Waals surface area (Å²) in [6.45, 7) is 1.81. The highest BCUT2D eigenvalue weighted by Gasteiger charge is 2.45. The fourth-order valence-corrected chi connectivity index (χ4v) is 2.03.